The third-order valence-corrected chi connectivity index (χ3v) is 0.715. The van der Waals surface area contributed by atoms with Crippen molar-refractivity contribution in [2.45, 2.75) is 0 Å². The van der Waals surface area contributed by atoms with Crippen LogP contribution in [0.2, 0.25) is 0 Å². The molecule has 0 aliphatic heterocycles. The van der Waals surface area contributed by atoms with Crippen LogP contribution in [0.5, 0.6) is 0 Å². The van der Waals surface area contributed by atoms with E-state index in [1.54, 1.807) is 0 Å². The normalized spacial score (nSPS) is 7.55. The van der Waals surface area contributed by atoms with Gasteiger partial charge in [-0.2, -0.15) is 0 Å². The highest BCUT2D eigenvalue weighted by Crippen LogP contribution is 1.73. The molecule has 0 amide bonds. The van der Waals surface area contributed by atoms with Crippen molar-refractivity contribution < 1.29 is 4.74 Å². The van der Waals surface area contributed by atoms with E-state index in [9.17, 15) is 0 Å². The van der Waals surface area contributed by atoms with Gasteiger partial charge in [0.1, 0.15) is 6.61 Å². The zero-order chi connectivity index (χ0) is 7.82. The molecule has 0 unspecified atom stereocenters. The first-order chi connectivity index (χ1) is 4.77. The van der Waals surface area contributed by atoms with E-state index >= 15 is 0 Å². The first-order valence-corrected chi connectivity index (χ1v) is 2.84. The molecule has 0 fully saturated rings. The largest absolute Gasteiger partial charge is 0.370 e. The van der Waals surface area contributed by atoms with Crippen molar-refractivity contribution in [1.29, 1.82) is 0 Å². The summed E-state index contributed by atoms with van der Waals surface area (Å²) in [5.41, 5.74) is 10.1. The second-order valence-corrected chi connectivity index (χ2v) is 1.56. The summed E-state index contributed by atoms with van der Waals surface area (Å²) in [5, 5.41) is 0. The van der Waals surface area contributed by atoms with Crippen LogP contribution in [0.25, 0.3) is 0 Å². The molecule has 0 saturated carbocycles. The summed E-state index contributed by atoms with van der Waals surface area (Å²) in [6.45, 7) is 1.23. The second-order valence-electron chi connectivity index (χ2n) is 1.56. The molecule has 0 bridgehead atoms. The Balaban J connectivity index is 0. The summed E-state index contributed by atoms with van der Waals surface area (Å²) in [4.78, 5) is 3.68. The Hall–Kier alpha value is -0.480. The first kappa shape index (κ1) is 13.1. The number of halogens is 1. The number of guanidine groups is 1. The van der Waals surface area contributed by atoms with Crippen LogP contribution in [-0.4, -0.2) is 25.7 Å². The number of nitrogens with zero attached hydrogens (tertiary/aromatic N) is 1. The lowest BCUT2D eigenvalue weighted by Crippen LogP contribution is -2.23. The molecule has 0 spiro atoms. The van der Waals surface area contributed by atoms with Crippen LogP contribution in [0, 0.1) is 12.3 Å². The SMILES string of the molecule is C#CCOCCN=C(N)N.I. The van der Waals surface area contributed by atoms with E-state index in [0.717, 1.165) is 0 Å². The van der Waals surface area contributed by atoms with E-state index in [1.165, 1.54) is 0 Å². The lowest BCUT2D eigenvalue weighted by atomic mass is 10.7. The summed E-state index contributed by atoms with van der Waals surface area (Å²) in [6.07, 6.45) is 4.91. The molecule has 4 nitrogen and oxygen atoms in total. The zero-order valence-electron chi connectivity index (χ0n) is 6.12. The van der Waals surface area contributed by atoms with Crippen molar-refractivity contribution in [2.24, 2.45) is 16.5 Å². The number of nitrogens with two attached hydrogens (primary N) is 2. The molecule has 0 atom stereocenters. The van der Waals surface area contributed by atoms with Gasteiger partial charge in [0.05, 0.1) is 13.2 Å². The number of rotatable bonds is 4. The minimum Gasteiger partial charge on any atom is -0.370 e. The number of aliphatic imine (C=N–C) groups is 1. The maximum Gasteiger partial charge on any atom is 0.185 e. The van der Waals surface area contributed by atoms with Gasteiger partial charge < -0.3 is 16.2 Å². The van der Waals surface area contributed by atoms with Crippen molar-refractivity contribution in [2.75, 3.05) is 19.8 Å². The molecular formula is C6H12IN3O. The van der Waals surface area contributed by atoms with Crippen LogP contribution < -0.4 is 11.5 Å². The van der Waals surface area contributed by atoms with Gasteiger partial charge in [-0.3, -0.25) is 4.99 Å². The minimum absolute atomic E-state index is 0. The Morgan fingerprint density at radius 2 is 2.18 bits per heavy atom. The van der Waals surface area contributed by atoms with E-state index < -0.39 is 0 Å². The maximum absolute atomic E-state index is 5.04. The Kier molecular flexibility index (Phi) is 11.4. The summed E-state index contributed by atoms with van der Waals surface area (Å²) in [5.74, 6) is 2.40. The predicted octanol–water partition coefficient (Wildman–Crippen LogP) is -0.472. The van der Waals surface area contributed by atoms with Gasteiger partial charge in [-0.05, 0) is 0 Å². The molecule has 0 aromatic carbocycles. The summed E-state index contributed by atoms with van der Waals surface area (Å²) >= 11 is 0. The fourth-order valence-corrected chi connectivity index (χ4v) is 0.370. The van der Waals surface area contributed by atoms with Crippen LogP contribution in [-0.2, 0) is 4.74 Å². The summed E-state index contributed by atoms with van der Waals surface area (Å²) in [7, 11) is 0. The summed E-state index contributed by atoms with van der Waals surface area (Å²) < 4.78 is 4.88. The van der Waals surface area contributed by atoms with E-state index in [1.807, 2.05) is 0 Å². The molecule has 0 aliphatic rings. The molecular weight excluding hydrogens is 257 g/mol. The Morgan fingerprint density at radius 1 is 1.55 bits per heavy atom. The smallest absolute Gasteiger partial charge is 0.185 e. The van der Waals surface area contributed by atoms with Gasteiger partial charge in [0.25, 0.3) is 0 Å². The van der Waals surface area contributed by atoms with E-state index in [-0.39, 0.29) is 29.9 Å². The first-order valence-electron chi connectivity index (χ1n) is 2.84. The fourth-order valence-electron chi connectivity index (χ4n) is 0.370. The van der Waals surface area contributed by atoms with Crippen molar-refractivity contribution in [3.05, 3.63) is 0 Å². The van der Waals surface area contributed by atoms with Crippen molar-refractivity contribution >= 4 is 29.9 Å². The zero-order valence-corrected chi connectivity index (χ0v) is 8.45. The van der Waals surface area contributed by atoms with Crippen molar-refractivity contribution in [3.8, 4) is 12.3 Å². The van der Waals surface area contributed by atoms with Gasteiger partial charge in [0.15, 0.2) is 5.96 Å². The van der Waals surface area contributed by atoms with Crippen LogP contribution in [0.1, 0.15) is 0 Å². The van der Waals surface area contributed by atoms with Crippen molar-refractivity contribution in [3.63, 3.8) is 0 Å². The quantitative estimate of drug-likeness (QED) is 0.238. The highest BCUT2D eigenvalue weighted by atomic mass is 127. The second kappa shape index (κ2) is 9.52. The number of ether oxygens (including phenoxy) is 1. The third-order valence-electron chi connectivity index (χ3n) is 0.715. The van der Waals surface area contributed by atoms with E-state index in [2.05, 4.69) is 10.9 Å². The van der Waals surface area contributed by atoms with Crippen LogP contribution in [0.15, 0.2) is 4.99 Å². The molecule has 64 valence electrons. The molecule has 5 heteroatoms. The summed E-state index contributed by atoms with van der Waals surface area (Å²) in [6, 6.07) is 0. The van der Waals surface area contributed by atoms with E-state index in [0.29, 0.717) is 19.8 Å². The number of terminal acetylenes is 1. The lowest BCUT2D eigenvalue weighted by molar-refractivity contribution is 0.176. The van der Waals surface area contributed by atoms with Crippen LogP contribution in [0.3, 0.4) is 0 Å². The molecule has 0 radical (unpaired) electrons. The van der Waals surface area contributed by atoms with Gasteiger partial charge in [0.2, 0.25) is 0 Å². The Morgan fingerprint density at radius 3 is 2.64 bits per heavy atom. The van der Waals surface area contributed by atoms with Gasteiger partial charge in [-0.1, -0.05) is 5.92 Å². The number of hydrogen-bond donors (Lipinski definition) is 2. The lowest BCUT2D eigenvalue weighted by Gasteiger charge is -1.95. The molecule has 0 rings (SSSR count). The molecule has 4 N–H and O–H groups in total. The molecule has 0 aromatic rings. The number of hydrogen-bond acceptors (Lipinski definition) is 2. The molecule has 11 heavy (non-hydrogen) atoms. The monoisotopic (exact) mass is 269 g/mol. The average molecular weight is 269 g/mol. The minimum atomic E-state index is 0. The highest BCUT2D eigenvalue weighted by molar-refractivity contribution is 14.0. The Bertz CT molecular complexity index is 148. The van der Waals surface area contributed by atoms with Gasteiger partial charge in [-0.25, -0.2) is 0 Å². The average Bonchev–Trinajstić information content (AvgIpc) is 1.87. The van der Waals surface area contributed by atoms with Crippen LogP contribution >= 0.6 is 24.0 Å². The predicted molar refractivity (Wildman–Crippen MR) is 55.7 cm³/mol. The molecule has 0 saturated heterocycles. The molecule has 0 heterocycles. The molecule has 0 aromatic heterocycles. The third kappa shape index (κ3) is 12.7. The highest BCUT2D eigenvalue weighted by Gasteiger charge is 1.82. The Labute approximate surface area is 83.4 Å². The fraction of sp³-hybridized carbons (Fsp3) is 0.500. The maximum atomic E-state index is 5.04. The topological polar surface area (TPSA) is 73.6 Å². The van der Waals surface area contributed by atoms with Gasteiger partial charge in [-0.15, -0.1) is 30.4 Å². The van der Waals surface area contributed by atoms with E-state index in [4.69, 9.17) is 22.6 Å². The van der Waals surface area contributed by atoms with Crippen molar-refractivity contribution in [1.82, 2.24) is 0 Å². The standard InChI is InChI=1S/C6H11N3O.HI/c1-2-4-10-5-3-9-6(7)8;/h1H,3-5H2,(H4,7,8,9);1H. The molecule has 0 aliphatic carbocycles. The van der Waals surface area contributed by atoms with Gasteiger partial charge >= 0.3 is 0 Å². The van der Waals surface area contributed by atoms with Gasteiger partial charge in [0, 0.05) is 0 Å². The van der Waals surface area contributed by atoms with Crippen LogP contribution in [0.4, 0.5) is 0 Å².